The highest BCUT2D eigenvalue weighted by atomic mass is 16.6. The van der Waals surface area contributed by atoms with Crippen LogP contribution in [-0.2, 0) is 4.74 Å². The number of nitro groups is 1. The standard InChI is InChI=1S/C19H19N5O4/c1-28-19(25)15-11-17(24(26)27)18(21-13-15)23-8-4-7-22(9-10-23)16-6-3-2-5-14(16)12-20/h2-3,5-6,11,13H,4,7-10H2,1H3. The first kappa shape index (κ1) is 19.1. The van der Waals surface area contributed by atoms with Crippen LogP contribution >= 0.6 is 0 Å². The maximum Gasteiger partial charge on any atom is 0.339 e. The Morgan fingerprint density at radius 2 is 1.96 bits per heavy atom. The summed E-state index contributed by atoms with van der Waals surface area (Å²) >= 11 is 0. The number of carbonyl (C=O) groups is 1. The Balaban J connectivity index is 1.85. The molecule has 1 fully saturated rings. The van der Waals surface area contributed by atoms with E-state index >= 15 is 0 Å². The van der Waals surface area contributed by atoms with Crippen molar-refractivity contribution in [1.82, 2.24) is 4.98 Å². The summed E-state index contributed by atoms with van der Waals surface area (Å²) in [6.07, 6.45) is 2.04. The van der Waals surface area contributed by atoms with Gasteiger partial charge in [0.15, 0.2) is 0 Å². The molecule has 0 aliphatic carbocycles. The van der Waals surface area contributed by atoms with Crippen LogP contribution in [0, 0.1) is 21.4 Å². The van der Waals surface area contributed by atoms with Crippen molar-refractivity contribution >= 4 is 23.2 Å². The predicted octanol–water partition coefficient (Wildman–Crippen LogP) is 2.36. The lowest BCUT2D eigenvalue weighted by atomic mass is 10.1. The molecule has 0 amide bonds. The number of hydrogen-bond donors (Lipinski definition) is 0. The molecular weight excluding hydrogens is 362 g/mol. The third-order valence-corrected chi connectivity index (χ3v) is 4.63. The highest BCUT2D eigenvalue weighted by Crippen LogP contribution is 2.29. The van der Waals surface area contributed by atoms with Crippen LogP contribution in [0.3, 0.4) is 0 Å². The Morgan fingerprint density at radius 1 is 1.25 bits per heavy atom. The molecule has 0 spiro atoms. The number of carbonyl (C=O) groups excluding carboxylic acids is 1. The summed E-state index contributed by atoms with van der Waals surface area (Å²) in [5, 5.41) is 20.9. The largest absolute Gasteiger partial charge is 0.465 e. The van der Waals surface area contributed by atoms with Gasteiger partial charge in [-0.15, -0.1) is 0 Å². The van der Waals surface area contributed by atoms with E-state index in [1.807, 2.05) is 23.1 Å². The van der Waals surface area contributed by atoms with Crippen LogP contribution in [-0.4, -0.2) is 49.2 Å². The van der Waals surface area contributed by atoms with E-state index in [-0.39, 0.29) is 17.1 Å². The van der Waals surface area contributed by atoms with Gasteiger partial charge in [0.2, 0.25) is 5.82 Å². The van der Waals surface area contributed by atoms with Crippen molar-refractivity contribution < 1.29 is 14.5 Å². The van der Waals surface area contributed by atoms with Crippen molar-refractivity contribution in [3.63, 3.8) is 0 Å². The van der Waals surface area contributed by atoms with Gasteiger partial charge in [-0.05, 0) is 18.6 Å². The monoisotopic (exact) mass is 381 g/mol. The van der Waals surface area contributed by atoms with Gasteiger partial charge in [-0.25, -0.2) is 9.78 Å². The Hall–Kier alpha value is -3.67. The van der Waals surface area contributed by atoms with Gasteiger partial charge in [-0.2, -0.15) is 5.26 Å². The fourth-order valence-corrected chi connectivity index (χ4v) is 3.27. The molecule has 2 heterocycles. The molecule has 0 saturated carbocycles. The van der Waals surface area contributed by atoms with Crippen LogP contribution in [0.25, 0.3) is 0 Å². The predicted molar refractivity (Wildman–Crippen MR) is 102 cm³/mol. The summed E-state index contributed by atoms with van der Waals surface area (Å²) in [5.41, 5.74) is 1.27. The molecule has 9 nitrogen and oxygen atoms in total. The van der Waals surface area contributed by atoms with Crippen LogP contribution in [0.2, 0.25) is 0 Å². The number of para-hydroxylation sites is 1. The van der Waals surface area contributed by atoms with E-state index < -0.39 is 10.9 Å². The van der Waals surface area contributed by atoms with Gasteiger partial charge >= 0.3 is 11.7 Å². The topological polar surface area (TPSA) is 113 Å². The maximum absolute atomic E-state index is 11.7. The van der Waals surface area contributed by atoms with E-state index in [1.165, 1.54) is 19.4 Å². The first-order valence-corrected chi connectivity index (χ1v) is 8.77. The maximum atomic E-state index is 11.7. The number of rotatable bonds is 4. The molecule has 28 heavy (non-hydrogen) atoms. The molecule has 0 radical (unpaired) electrons. The van der Waals surface area contributed by atoms with Gasteiger partial charge in [-0.3, -0.25) is 10.1 Å². The molecule has 144 valence electrons. The molecule has 1 aromatic heterocycles. The zero-order valence-electron chi connectivity index (χ0n) is 15.4. The van der Waals surface area contributed by atoms with Crippen molar-refractivity contribution in [1.29, 1.82) is 5.26 Å². The van der Waals surface area contributed by atoms with Crippen molar-refractivity contribution in [2.45, 2.75) is 6.42 Å². The van der Waals surface area contributed by atoms with Gasteiger partial charge in [0.25, 0.3) is 0 Å². The van der Waals surface area contributed by atoms with Crippen LogP contribution in [0.5, 0.6) is 0 Å². The van der Waals surface area contributed by atoms with Crippen LogP contribution in [0.4, 0.5) is 17.2 Å². The number of nitriles is 1. The van der Waals surface area contributed by atoms with Gasteiger partial charge in [-0.1, -0.05) is 12.1 Å². The summed E-state index contributed by atoms with van der Waals surface area (Å²) in [4.78, 5) is 30.8. The first-order chi connectivity index (χ1) is 13.5. The Kier molecular flexibility index (Phi) is 5.69. The number of esters is 1. The fraction of sp³-hybridized carbons (Fsp3) is 0.316. The lowest BCUT2D eigenvalue weighted by molar-refractivity contribution is -0.384. The zero-order valence-corrected chi connectivity index (χ0v) is 15.4. The highest BCUT2D eigenvalue weighted by Gasteiger charge is 2.26. The Morgan fingerprint density at radius 3 is 2.68 bits per heavy atom. The van der Waals surface area contributed by atoms with E-state index in [0.29, 0.717) is 25.2 Å². The van der Waals surface area contributed by atoms with E-state index in [4.69, 9.17) is 0 Å². The smallest absolute Gasteiger partial charge is 0.339 e. The summed E-state index contributed by atoms with van der Waals surface area (Å²) in [6.45, 7) is 2.40. The molecule has 9 heteroatoms. The molecule has 2 aromatic rings. The fourth-order valence-electron chi connectivity index (χ4n) is 3.27. The Labute approximate surface area is 161 Å². The number of ether oxygens (including phenoxy) is 1. The summed E-state index contributed by atoms with van der Waals surface area (Å²) < 4.78 is 4.61. The minimum absolute atomic E-state index is 0.0392. The van der Waals surface area contributed by atoms with Crippen LogP contribution in [0.1, 0.15) is 22.3 Å². The first-order valence-electron chi connectivity index (χ1n) is 8.77. The number of pyridine rings is 1. The van der Waals surface area contributed by atoms with Gasteiger partial charge in [0.1, 0.15) is 6.07 Å². The molecule has 1 saturated heterocycles. The van der Waals surface area contributed by atoms with Crippen LogP contribution in [0.15, 0.2) is 36.5 Å². The number of methoxy groups -OCH3 is 1. The molecule has 0 atom stereocenters. The summed E-state index contributed by atoms with van der Waals surface area (Å²) in [7, 11) is 1.21. The summed E-state index contributed by atoms with van der Waals surface area (Å²) in [6, 6.07) is 10.8. The Bertz CT molecular complexity index is 940. The second-order valence-corrected chi connectivity index (χ2v) is 6.27. The lowest BCUT2D eigenvalue weighted by Crippen LogP contribution is -2.32. The summed E-state index contributed by atoms with van der Waals surface area (Å²) in [5.74, 6) is -0.439. The average Bonchev–Trinajstić information content (AvgIpc) is 2.98. The minimum Gasteiger partial charge on any atom is -0.465 e. The number of nitrogens with zero attached hydrogens (tertiary/aromatic N) is 5. The van der Waals surface area contributed by atoms with Gasteiger partial charge in [0.05, 0.1) is 28.8 Å². The average molecular weight is 381 g/mol. The minimum atomic E-state index is -0.669. The molecular formula is C19H19N5O4. The van der Waals surface area contributed by atoms with Crippen LogP contribution < -0.4 is 9.80 Å². The third kappa shape index (κ3) is 3.86. The van der Waals surface area contributed by atoms with Gasteiger partial charge in [0, 0.05) is 38.4 Å². The molecule has 0 bridgehead atoms. The number of benzene rings is 1. The zero-order chi connectivity index (χ0) is 20.1. The molecule has 0 unspecified atom stereocenters. The number of aromatic nitrogens is 1. The number of anilines is 2. The SMILES string of the molecule is COC(=O)c1cnc(N2CCCN(c3ccccc3C#N)CC2)c([N+](=O)[O-])c1. The van der Waals surface area contributed by atoms with E-state index in [9.17, 15) is 20.2 Å². The quantitative estimate of drug-likeness (QED) is 0.451. The third-order valence-electron chi connectivity index (χ3n) is 4.63. The molecule has 3 rings (SSSR count). The second kappa shape index (κ2) is 8.35. The highest BCUT2D eigenvalue weighted by molar-refractivity contribution is 5.90. The van der Waals surface area contributed by atoms with Crippen molar-refractivity contribution in [2.24, 2.45) is 0 Å². The van der Waals surface area contributed by atoms with Gasteiger partial charge < -0.3 is 14.5 Å². The van der Waals surface area contributed by atoms with E-state index in [1.54, 1.807) is 6.07 Å². The van der Waals surface area contributed by atoms with Crippen molar-refractivity contribution in [3.8, 4) is 6.07 Å². The number of hydrogen-bond acceptors (Lipinski definition) is 8. The van der Waals surface area contributed by atoms with Crippen molar-refractivity contribution in [2.75, 3.05) is 43.1 Å². The lowest BCUT2D eigenvalue weighted by Gasteiger charge is -2.24. The van der Waals surface area contributed by atoms with E-state index in [2.05, 4.69) is 20.7 Å². The van der Waals surface area contributed by atoms with Crippen molar-refractivity contribution in [3.05, 3.63) is 57.8 Å². The molecule has 0 N–H and O–H groups in total. The second-order valence-electron chi connectivity index (χ2n) is 6.27. The molecule has 1 aliphatic rings. The molecule has 1 aliphatic heterocycles. The normalized spacial score (nSPS) is 14.1. The molecule has 1 aromatic carbocycles. The van der Waals surface area contributed by atoms with E-state index in [0.717, 1.165) is 18.7 Å².